The molecule has 1 heterocycles. The van der Waals surface area contributed by atoms with Crippen molar-refractivity contribution in [2.45, 2.75) is 31.8 Å². The lowest BCUT2D eigenvalue weighted by Gasteiger charge is -2.18. The molecule has 0 saturated heterocycles. The number of hydrogen-bond acceptors (Lipinski definition) is 5. The summed E-state index contributed by atoms with van der Waals surface area (Å²) >= 11 is 6.12. The topological polar surface area (TPSA) is 81.8 Å². The first-order valence-corrected chi connectivity index (χ1v) is 7.71. The Bertz CT molecular complexity index is 721. The van der Waals surface area contributed by atoms with Gasteiger partial charge in [-0.1, -0.05) is 16.8 Å². The van der Waals surface area contributed by atoms with Crippen molar-refractivity contribution in [3.8, 4) is 22.8 Å². The van der Waals surface area contributed by atoms with Crippen molar-refractivity contribution < 1.29 is 23.9 Å². The molecule has 1 saturated carbocycles. The van der Waals surface area contributed by atoms with Gasteiger partial charge in [-0.2, -0.15) is 0 Å². The molecule has 0 atom stereocenters. The van der Waals surface area contributed by atoms with Crippen LogP contribution in [0.3, 0.4) is 0 Å². The Hall–Kier alpha value is -2.21. The van der Waals surface area contributed by atoms with Crippen molar-refractivity contribution in [1.82, 2.24) is 5.16 Å². The third-order valence-corrected chi connectivity index (χ3v) is 4.04. The van der Waals surface area contributed by atoms with E-state index >= 15 is 0 Å². The highest BCUT2D eigenvalue weighted by atomic mass is 35.5. The Morgan fingerprint density at radius 1 is 1.35 bits per heavy atom. The van der Waals surface area contributed by atoms with Gasteiger partial charge in [0, 0.05) is 17.2 Å². The molecule has 0 aliphatic heterocycles. The Labute approximate surface area is 137 Å². The molecule has 0 unspecified atom stereocenters. The molecule has 7 heteroatoms. The zero-order valence-electron chi connectivity index (χ0n) is 12.5. The van der Waals surface area contributed by atoms with E-state index in [2.05, 4.69) is 5.16 Å². The maximum atomic E-state index is 11.0. The van der Waals surface area contributed by atoms with Gasteiger partial charge in [-0.15, -0.1) is 0 Å². The average Bonchev–Trinajstić information content (AvgIpc) is 3.19. The summed E-state index contributed by atoms with van der Waals surface area (Å²) in [6.45, 7) is 0. The summed E-state index contributed by atoms with van der Waals surface area (Å²) in [6.07, 6.45) is 4.30. The zero-order chi connectivity index (χ0) is 16.4. The number of halogens is 1. The number of methoxy groups -OCH3 is 1. The van der Waals surface area contributed by atoms with Gasteiger partial charge in [0.15, 0.2) is 23.0 Å². The van der Waals surface area contributed by atoms with Gasteiger partial charge < -0.3 is 19.1 Å². The monoisotopic (exact) mass is 337 g/mol. The molecule has 1 aromatic heterocycles. The number of benzene rings is 1. The lowest BCUT2D eigenvalue weighted by molar-refractivity contribution is 0.0686. The number of carbonyl (C=O) groups is 1. The minimum absolute atomic E-state index is 0.102. The lowest BCUT2D eigenvalue weighted by atomic mass is 10.1. The fraction of sp³-hybridized carbons (Fsp3) is 0.375. The number of hydrogen-bond donors (Lipinski definition) is 1. The summed E-state index contributed by atoms with van der Waals surface area (Å²) in [5.74, 6) is 0.0908. The number of nitrogens with zero attached hydrogens (tertiary/aromatic N) is 1. The van der Waals surface area contributed by atoms with Crippen LogP contribution in [0.5, 0.6) is 11.5 Å². The summed E-state index contributed by atoms with van der Waals surface area (Å²) < 4.78 is 16.6. The van der Waals surface area contributed by atoms with Crippen molar-refractivity contribution in [2.24, 2.45) is 0 Å². The zero-order valence-corrected chi connectivity index (χ0v) is 13.3. The minimum Gasteiger partial charge on any atom is -0.493 e. The number of carboxylic acids is 1. The van der Waals surface area contributed by atoms with Gasteiger partial charge in [0.2, 0.25) is 0 Å². The number of rotatable bonds is 5. The molecular weight excluding hydrogens is 322 g/mol. The van der Waals surface area contributed by atoms with E-state index < -0.39 is 5.97 Å². The Balaban J connectivity index is 2.05. The second kappa shape index (κ2) is 6.50. The first kappa shape index (κ1) is 15.7. The first-order valence-electron chi connectivity index (χ1n) is 7.33. The number of aromatic nitrogens is 1. The molecule has 2 aromatic rings. The summed E-state index contributed by atoms with van der Waals surface area (Å²) in [5.41, 5.74) is 0.354. The molecule has 3 rings (SSSR count). The highest BCUT2D eigenvalue weighted by Gasteiger charge is 2.24. The summed E-state index contributed by atoms with van der Waals surface area (Å²) in [4.78, 5) is 11.0. The molecule has 0 radical (unpaired) electrons. The van der Waals surface area contributed by atoms with Crippen molar-refractivity contribution in [1.29, 1.82) is 0 Å². The van der Waals surface area contributed by atoms with Crippen LogP contribution in [-0.2, 0) is 0 Å². The second-order valence-electron chi connectivity index (χ2n) is 5.39. The van der Waals surface area contributed by atoms with Crippen LogP contribution in [-0.4, -0.2) is 29.4 Å². The maximum Gasteiger partial charge on any atom is 0.358 e. The minimum atomic E-state index is -1.16. The SMILES string of the molecule is COc1cc(Cl)cc(-c2cc(C(=O)O)no2)c1OC1CCCC1. The molecule has 0 bridgehead atoms. The van der Waals surface area contributed by atoms with E-state index in [-0.39, 0.29) is 17.6 Å². The molecule has 0 spiro atoms. The van der Waals surface area contributed by atoms with Gasteiger partial charge in [0.1, 0.15) is 0 Å². The summed E-state index contributed by atoms with van der Waals surface area (Å²) in [7, 11) is 1.53. The molecule has 1 fully saturated rings. The van der Waals surface area contributed by atoms with Crippen molar-refractivity contribution in [2.75, 3.05) is 7.11 Å². The van der Waals surface area contributed by atoms with Crippen LogP contribution in [0.15, 0.2) is 22.7 Å². The first-order chi connectivity index (χ1) is 11.1. The van der Waals surface area contributed by atoms with Gasteiger partial charge in [-0.25, -0.2) is 4.79 Å². The van der Waals surface area contributed by atoms with E-state index in [0.717, 1.165) is 25.7 Å². The second-order valence-corrected chi connectivity index (χ2v) is 5.83. The number of ether oxygens (including phenoxy) is 2. The Kier molecular flexibility index (Phi) is 4.43. The lowest BCUT2D eigenvalue weighted by Crippen LogP contribution is -2.12. The predicted octanol–water partition coefficient (Wildman–Crippen LogP) is 4.02. The molecule has 1 aromatic carbocycles. The molecule has 0 amide bonds. The van der Waals surface area contributed by atoms with Gasteiger partial charge in [-0.05, 0) is 31.7 Å². The quantitative estimate of drug-likeness (QED) is 0.887. The largest absolute Gasteiger partial charge is 0.493 e. The van der Waals surface area contributed by atoms with Crippen LogP contribution >= 0.6 is 11.6 Å². The fourth-order valence-electron chi connectivity index (χ4n) is 2.70. The van der Waals surface area contributed by atoms with E-state index in [1.165, 1.54) is 13.2 Å². The van der Waals surface area contributed by atoms with Crippen LogP contribution in [0.1, 0.15) is 36.2 Å². The molecular formula is C16H16ClNO5. The van der Waals surface area contributed by atoms with Crippen LogP contribution in [0.25, 0.3) is 11.3 Å². The van der Waals surface area contributed by atoms with Crippen molar-refractivity contribution >= 4 is 17.6 Å². The maximum absolute atomic E-state index is 11.0. The third kappa shape index (κ3) is 3.27. The normalized spacial score (nSPS) is 14.9. The highest BCUT2D eigenvalue weighted by molar-refractivity contribution is 6.31. The van der Waals surface area contributed by atoms with E-state index in [9.17, 15) is 4.79 Å². The van der Waals surface area contributed by atoms with E-state index in [1.54, 1.807) is 12.1 Å². The standard InChI is InChI=1S/C16H16ClNO5/c1-21-14-7-9(17)6-11(13-8-12(16(19)20)18-23-13)15(14)22-10-4-2-3-5-10/h6-8,10H,2-5H2,1H3,(H,19,20). The van der Waals surface area contributed by atoms with Crippen LogP contribution in [0, 0.1) is 0 Å². The molecule has 1 N–H and O–H groups in total. The Morgan fingerprint density at radius 3 is 2.70 bits per heavy atom. The fourth-order valence-corrected chi connectivity index (χ4v) is 2.91. The van der Waals surface area contributed by atoms with Crippen LogP contribution in [0.2, 0.25) is 5.02 Å². The average molecular weight is 338 g/mol. The van der Waals surface area contributed by atoms with E-state index in [4.69, 9.17) is 30.7 Å². The smallest absolute Gasteiger partial charge is 0.358 e. The van der Waals surface area contributed by atoms with Gasteiger partial charge >= 0.3 is 5.97 Å². The third-order valence-electron chi connectivity index (χ3n) is 3.82. The van der Waals surface area contributed by atoms with Crippen LogP contribution in [0.4, 0.5) is 0 Å². The molecule has 1 aliphatic rings. The van der Waals surface area contributed by atoms with Gasteiger partial charge in [0.05, 0.1) is 18.8 Å². The Morgan fingerprint density at radius 2 is 2.09 bits per heavy atom. The number of carboxylic acid groups (broad SMARTS) is 1. The predicted molar refractivity (Wildman–Crippen MR) is 83.3 cm³/mol. The van der Waals surface area contributed by atoms with E-state index in [0.29, 0.717) is 22.1 Å². The highest BCUT2D eigenvalue weighted by Crippen LogP contribution is 2.42. The summed E-state index contributed by atoms with van der Waals surface area (Å²) in [5, 5.41) is 13.0. The molecule has 6 nitrogen and oxygen atoms in total. The number of aromatic carboxylic acids is 1. The molecule has 1 aliphatic carbocycles. The van der Waals surface area contributed by atoms with Crippen molar-refractivity contribution in [3.63, 3.8) is 0 Å². The van der Waals surface area contributed by atoms with E-state index in [1.807, 2.05) is 0 Å². The summed E-state index contributed by atoms with van der Waals surface area (Å²) in [6, 6.07) is 4.65. The molecule has 23 heavy (non-hydrogen) atoms. The van der Waals surface area contributed by atoms with Crippen molar-refractivity contribution in [3.05, 3.63) is 28.9 Å². The van der Waals surface area contributed by atoms with Gasteiger partial charge in [-0.3, -0.25) is 0 Å². The van der Waals surface area contributed by atoms with Gasteiger partial charge in [0.25, 0.3) is 0 Å². The molecule has 122 valence electrons. The van der Waals surface area contributed by atoms with Crippen LogP contribution < -0.4 is 9.47 Å².